The highest BCUT2D eigenvalue weighted by Crippen LogP contribution is 2.24. The van der Waals surface area contributed by atoms with Gasteiger partial charge in [-0.15, -0.1) is 0 Å². The molecule has 0 amide bonds. The van der Waals surface area contributed by atoms with Crippen molar-refractivity contribution in [2.75, 3.05) is 20.3 Å². The Morgan fingerprint density at radius 1 is 1.19 bits per heavy atom. The summed E-state index contributed by atoms with van der Waals surface area (Å²) in [4.78, 5) is 0. The molecule has 1 N–H and O–H groups in total. The van der Waals surface area contributed by atoms with Crippen LogP contribution in [0.25, 0.3) is 0 Å². The van der Waals surface area contributed by atoms with E-state index in [2.05, 4.69) is 39.1 Å². The number of hydrogen-bond donors (Lipinski definition) is 1. The lowest BCUT2D eigenvalue weighted by Crippen LogP contribution is -2.47. The Morgan fingerprint density at radius 2 is 1.69 bits per heavy atom. The first kappa shape index (κ1) is 15.4. The van der Waals surface area contributed by atoms with Gasteiger partial charge in [-0.05, 0) is 24.7 Å². The van der Waals surface area contributed by atoms with Gasteiger partial charge in [-0.3, -0.25) is 5.32 Å². The molecule has 3 heteroatoms. The quantitative estimate of drug-likeness (QED) is 0.647. The molecule has 0 saturated carbocycles. The highest BCUT2D eigenvalue weighted by Gasteiger charge is 2.30. The Balaban J connectivity index is 4.49. The SMILES string of the molecule is COCCNC(C#N)(CC(C)C)CC(C)C. The van der Waals surface area contributed by atoms with E-state index in [-0.39, 0.29) is 5.54 Å². The van der Waals surface area contributed by atoms with Crippen molar-refractivity contribution in [3.63, 3.8) is 0 Å². The van der Waals surface area contributed by atoms with Gasteiger partial charge in [-0.1, -0.05) is 27.7 Å². The molecule has 0 rings (SSSR count). The highest BCUT2D eigenvalue weighted by atomic mass is 16.5. The van der Waals surface area contributed by atoms with E-state index in [1.54, 1.807) is 7.11 Å². The largest absolute Gasteiger partial charge is 0.383 e. The van der Waals surface area contributed by atoms with Crippen LogP contribution in [0.3, 0.4) is 0 Å². The summed E-state index contributed by atoms with van der Waals surface area (Å²) in [6, 6.07) is 2.47. The first-order chi connectivity index (χ1) is 7.45. The summed E-state index contributed by atoms with van der Waals surface area (Å²) in [5.74, 6) is 1.04. The first-order valence-electron chi connectivity index (χ1n) is 6.11. The molecule has 0 aliphatic rings. The Morgan fingerprint density at radius 3 is 2.00 bits per heavy atom. The molecular weight excluding hydrogens is 200 g/mol. The van der Waals surface area contributed by atoms with E-state index >= 15 is 0 Å². The molecule has 0 aliphatic heterocycles. The molecule has 0 atom stereocenters. The van der Waals surface area contributed by atoms with Crippen LogP contribution in [0, 0.1) is 23.2 Å². The van der Waals surface area contributed by atoms with Crippen molar-refractivity contribution in [1.29, 1.82) is 5.26 Å². The zero-order chi connectivity index (χ0) is 12.6. The topological polar surface area (TPSA) is 45.0 Å². The molecular formula is C13H26N2O. The normalized spacial score (nSPS) is 12.1. The van der Waals surface area contributed by atoms with Crippen molar-refractivity contribution < 1.29 is 4.74 Å². The summed E-state index contributed by atoms with van der Waals surface area (Å²) in [7, 11) is 1.68. The van der Waals surface area contributed by atoms with Gasteiger partial charge >= 0.3 is 0 Å². The third kappa shape index (κ3) is 6.09. The Bertz CT molecular complexity index is 208. The van der Waals surface area contributed by atoms with E-state index in [9.17, 15) is 5.26 Å². The number of hydrogen-bond acceptors (Lipinski definition) is 3. The van der Waals surface area contributed by atoms with Crippen molar-refractivity contribution in [1.82, 2.24) is 5.32 Å². The maximum atomic E-state index is 9.42. The first-order valence-corrected chi connectivity index (χ1v) is 6.11. The van der Waals surface area contributed by atoms with E-state index in [1.165, 1.54) is 0 Å². The molecule has 0 aliphatic carbocycles. The fourth-order valence-electron chi connectivity index (χ4n) is 2.14. The van der Waals surface area contributed by atoms with Crippen molar-refractivity contribution >= 4 is 0 Å². The van der Waals surface area contributed by atoms with Crippen LogP contribution in [-0.4, -0.2) is 25.8 Å². The molecule has 0 aromatic carbocycles. The fraction of sp³-hybridized carbons (Fsp3) is 0.923. The molecule has 0 aromatic heterocycles. The zero-order valence-corrected chi connectivity index (χ0v) is 11.3. The number of nitriles is 1. The molecule has 0 saturated heterocycles. The highest BCUT2D eigenvalue weighted by molar-refractivity contribution is 5.07. The molecule has 0 unspecified atom stereocenters. The summed E-state index contributed by atoms with van der Waals surface area (Å²) in [6.07, 6.45) is 1.79. The average molecular weight is 226 g/mol. The van der Waals surface area contributed by atoms with Gasteiger partial charge in [0, 0.05) is 13.7 Å². The van der Waals surface area contributed by atoms with Crippen LogP contribution >= 0.6 is 0 Å². The van der Waals surface area contributed by atoms with Crippen LogP contribution in [0.5, 0.6) is 0 Å². The van der Waals surface area contributed by atoms with Crippen LogP contribution < -0.4 is 5.32 Å². The molecule has 0 heterocycles. The number of nitrogens with zero attached hydrogens (tertiary/aromatic N) is 1. The number of nitrogens with one attached hydrogen (secondary N) is 1. The van der Waals surface area contributed by atoms with Gasteiger partial charge in [-0.2, -0.15) is 5.26 Å². The second kappa shape index (κ2) is 7.65. The molecule has 94 valence electrons. The van der Waals surface area contributed by atoms with Crippen molar-refractivity contribution in [2.45, 2.75) is 46.1 Å². The summed E-state index contributed by atoms with van der Waals surface area (Å²) in [5, 5.41) is 12.8. The summed E-state index contributed by atoms with van der Waals surface area (Å²) < 4.78 is 5.02. The van der Waals surface area contributed by atoms with Gasteiger partial charge in [-0.25, -0.2) is 0 Å². The standard InChI is InChI=1S/C13H26N2O/c1-11(2)8-13(10-14,9-12(3)4)15-6-7-16-5/h11-12,15H,6-9H2,1-5H3. The van der Waals surface area contributed by atoms with Crippen LogP contribution in [0.15, 0.2) is 0 Å². The average Bonchev–Trinajstić information content (AvgIpc) is 2.16. The molecule has 3 nitrogen and oxygen atoms in total. The van der Waals surface area contributed by atoms with Crippen LogP contribution in [0.1, 0.15) is 40.5 Å². The minimum atomic E-state index is -0.388. The monoisotopic (exact) mass is 226 g/mol. The Kier molecular flexibility index (Phi) is 7.36. The number of rotatable bonds is 8. The molecule has 0 aromatic rings. The van der Waals surface area contributed by atoms with Crippen molar-refractivity contribution in [2.24, 2.45) is 11.8 Å². The molecule has 0 bridgehead atoms. The summed E-state index contributed by atoms with van der Waals surface area (Å²) >= 11 is 0. The molecule has 0 fully saturated rings. The zero-order valence-electron chi connectivity index (χ0n) is 11.3. The maximum Gasteiger partial charge on any atom is 0.107 e. The lowest BCUT2D eigenvalue weighted by molar-refractivity contribution is 0.181. The fourth-order valence-corrected chi connectivity index (χ4v) is 2.14. The smallest absolute Gasteiger partial charge is 0.107 e. The predicted molar refractivity (Wildman–Crippen MR) is 67.1 cm³/mol. The van der Waals surface area contributed by atoms with Gasteiger partial charge < -0.3 is 4.74 Å². The van der Waals surface area contributed by atoms with Crippen LogP contribution in [0.4, 0.5) is 0 Å². The third-order valence-corrected chi connectivity index (χ3v) is 2.50. The van der Waals surface area contributed by atoms with Crippen molar-refractivity contribution in [3.05, 3.63) is 0 Å². The van der Waals surface area contributed by atoms with E-state index in [0.717, 1.165) is 19.4 Å². The lowest BCUT2D eigenvalue weighted by atomic mass is 9.83. The van der Waals surface area contributed by atoms with Gasteiger partial charge in [0.1, 0.15) is 5.54 Å². The molecule has 0 radical (unpaired) electrons. The summed E-state index contributed by atoms with van der Waals surface area (Å²) in [6.45, 7) is 10.0. The number of methoxy groups -OCH3 is 1. The summed E-state index contributed by atoms with van der Waals surface area (Å²) in [5.41, 5.74) is -0.388. The molecule has 16 heavy (non-hydrogen) atoms. The predicted octanol–water partition coefficient (Wildman–Crippen LogP) is 2.58. The van der Waals surface area contributed by atoms with Gasteiger partial charge in [0.05, 0.1) is 12.7 Å². The third-order valence-electron chi connectivity index (χ3n) is 2.50. The van der Waals surface area contributed by atoms with Gasteiger partial charge in [0.2, 0.25) is 0 Å². The lowest BCUT2D eigenvalue weighted by Gasteiger charge is -2.31. The van der Waals surface area contributed by atoms with Gasteiger partial charge in [0.15, 0.2) is 0 Å². The molecule has 0 spiro atoms. The second-order valence-electron chi connectivity index (χ2n) is 5.31. The minimum absolute atomic E-state index is 0.388. The van der Waals surface area contributed by atoms with Crippen molar-refractivity contribution in [3.8, 4) is 6.07 Å². The van der Waals surface area contributed by atoms with Crippen LogP contribution in [-0.2, 0) is 4.74 Å². The second-order valence-corrected chi connectivity index (χ2v) is 5.31. The minimum Gasteiger partial charge on any atom is -0.383 e. The van der Waals surface area contributed by atoms with Crippen LogP contribution in [0.2, 0.25) is 0 Å². The maximum absolute atomic E-state index is 9.42. The van der Waals surface area contributed by atoms with Gasteiger partial charge in [0.25, 0.3) is 0 Å². The van der Waals surface area contributed by atoms with E-state index in [0.29, 0.717) is 18.4 Å². The number of ether oxygens (including phenoxy) is 1. The van der Waals surface area contributed by atoms with E-state index < -0.39 is 0 Å². The Labute approximate surface area is 100 Å². The van der Waals surface area contributed by atoms with E-state index in [1.807, 2.05) is 0 Å². The Hall–Kier alpha value is -0.590. The van der Waals surface area contributed by atoms with E-state index in [4.69, 9.17) is 4.74 Å².